The highest BCUT2D eigenvalue weighted by molar-refractivity contribution is 6.03. The smallest absolute Gasteiger partial charge is 0.336 e. The molecule has 1 saturated carbocycles. The van der Waals surface area contributed by atoms with E-state index in [4.69, 9.17) is 4.74 Å². The highest BCUT2D eigenvalue weighted by Crippen LogP contribution is 2.25. The molecule has 2 heterocycles. The molecule has 3 fully saturated rings. The lowest BCUT2D eigenvalue weighted by Crippen LogP contribution is -2.59. The Labute approximate surface area is 99.6 Å². The van der Waals surface area contributed by atoms with Gasteiger partial charge in [0.25, 0.3) is 5.91 Å². The highest BCUT2D eigenvalue weighted by atomic mass is 16.5. The minimum atomic E-state index is -0.350. The summed E-state index contributed by atoms with van der Waals surface area (Å²) in [4.78, 5) is 23.4. The third-order valence-electron chi connectivity index (χ3n) is 3.77. The molecule has 0 bridgehead atoms. The van der Waals surface area contributed by atoms with Crippen LogP contribution in [0.3, 0.4) is 0 Å². The van der Waals surface area contributed by atoms with Crippen molar-refractivity contribution >= 4 is 11.9 Å². The topological polar surface area (TPSA) is 67.4 Å². The molecule has 0 aromatic carbocycles. The number of carbonyl (C=O) groups is 2. The van der Waals surface area contributed by atoms with Gasteiger partial charge in [0.15, 0.2) is 0 Å². The summed E-state index contributed by atoms with van der Waals surface area (Å²) in [5.41, 5.74) is 0.946. The van der Waals surface area contributed by atoms with Gasteiger partial charge in [-0.3, -0.25) is 4.79 Å². The van der Waals surface area contributed by atoms with E-state index in [-0.39, 0.29) is 24.0 Å². The Bertz CT molecular complexity index is 403. The van der Waals surface area contributed by atoms with Crippen LogP contribution in [0, 0.1) is 0 Å². The lowest BCUT2D eigenvalue weighted by Gasteiger charge is -2.38. The number of piperazine rings is 1. The second-order valence-corrected chi connectivity index (χ2v) is 4.85. The van der Waals surface area contributed by atoms with E-state index < -0.39 is 0 Å². The number of nitrogens with one attached hydrogen (secondary N) is 2. The molecular formula is C12H16N2O3. The highest BCUT2D eigenvalue weighted by Gasteiger charge is 2.36. The maximum atomic E-state index is 11.9. The minimum absolute atomic E-state index is 0.151. The zero-order valence-electron chi connectivity index (χ0n) is 9.62. The maximum absolute atomic E-state index is 11.9. The number of ether oxygens (including phenoxy) is 1. The van der Waals surface area contributed by atoms with Crippen molar-refractivity contribution in [2.45, 2.75) is 44.2 Å². The number of hydrogen-bond donors (Lipinski definition) is 2. The van der Waals surface area contributed by atoms with Crippen molar-refractivity contribution in [3.05, 3.63) is 11.3 Å². The predicted molar refractivity (Wildman–Crippen MR) is 59.9 cm³/mol. The van der Waals surface area contributed by atoms with Crippen molar-refractivity contribution < 1.29 is 14.3 Å². The van der Waals surface area contributed by atoms with Gasteiger partial charge in [0.1, 0.15) is 5.70 Å². The Morgan fingerprint density at radius 2 is 1.76 bits per heavy atom. The first-order chi connectivity index (χ1) is 8.25. The van der Waals surface area contributed by atoms with Crippen molar-refractivity contribution in [3.63, 3.8) is 0 Å². The average Bonchev–Trinajstić information content (AvgIpc) is 2.74. The van der Waals surface area contributed by atoms with Crippen molar-refractivity contribution in [3.8, 4) is 0 Å². The molecule has 0 radical (unpaired) electrons. The molecule has 17 heavy (non-hydrogen) atoms. The number of esters is 1. The predicted octanol–water partition coefficient (Wildman–Crippen LogP) is 0.218. The minimum Gasteiger partial charge on any atom is -0.462 e. The van der Waals surface area contributed by atoms with Crippen molar-refractivity contribution in [1.29, 1.82) is 0 Å². The van der Waals surface area contributed by atoms with Gasteiger partial charge in [0.2, 0.25) is 0 Å². The van der Waals surface area contributed by atoms with Crippen molar-refractivity contribution in [2.75, 3.05) is 6.61 Å². The Morgan fingerprint density at radius 3 is 2.41 bits per heavy atom. The third-order valence-corrected chi connectivity index (χ3v) is 3.77. The van der Waals surface area contributed by atoms with Crippen LogP contribution < -0.4 is 10.6 Å². The average molecular weight is 236 g/mol. The molecule has 5 heteroatoms. The number of cyclic esters (lactones) is 1. The molecule has 2 saturated heterocycles. The van der Waals surface area contributed by atoms with E-state index in [0.29, 0.717) is 24.3 Å². The van der Waals surface area contributed by atoms with Crippen LogP contribution in [0.1, 0.15) is 32.1 Å². The van der Waals surface area contributed by atoms with Crippen LogP contribution in [0.2, 0.25) is 0 Å². The molecule has 0 unspecified atom stereocenters. The van der Waals surface area contributed by atoms with Gasteiger partial charge in [0.05, 0.1) is 12.2 Å². The molecule has 2 atom stereocenters. The van der Waals surface area contributed by atoms with Gasteiger partial charge in [-0.2, -0.15) is 0 Å². The quantitative estimate of drug-likeness (QED) is 0.466. The Balaban J connectivity index is 1.86. The molecule has 5 nitrogen and oxygen atoms in total. The van der Waals surface area contributed by atoms with Crippen LogP contribution in [-0.4, -0.2) is 30.6 Å². The van der Waals surface area contributed by atoms with Gasteiger partial charge in [-0.25, -0.2) is 4.79 Å². The van der Waals surface area contributed by atoms with Crippen LogP contribution in [0.25, 0.3) is 0 Å². The number of fused-ring (bicyclic) bond motifs is 1. The molecule has 3 aliphatic rings. The third kappa shape index (κ3) is 1.79. The van der Waals surface area contributed by atoms with E-state index in [1.54, 1.807) is 0 Å². The van der Waals surface area contributed by atoms with E-state index in [1.165, 1.54) is 6.42 Å². The first-order valence-electron chi connectivity index (χ1n) is 6.23. The molecule has 1 aliphatic carbocycles. The fraction of sp³-hybridized carbons (Fsp3) is 0.667. The van der Waals surface area contributed by atoms with E-state index in [1.807, 2.05) is 0 Å². The van der Waals surface area contributed by atoms with Crippen LogP contribution in [-0.2, 0) is 14.3 Å². The second kappa shape index (κ2) is 4.05. The first-order valence-corrected chi connectivity index (χ1v) is 6.23. The maximum Gasteiger partial charge on any atom is 0.336 e. The van der Waals surface area contributed by atoms with Gasteiger partial charge in [-0.1, -0.05) is 12.8 Å². The van der Waals surface area contributed by atoms with E-state index in [0.717, 1.165) is 19.3 Å². The summed E-state index contributed by atoms with van der Waals surface area (Å²) in [6.45, 7) is 0.390. The van der Waals surface area contributed by atoms with Crippen LogP contribution in [0.4, 0.5) is 0 Å². The van der Waals surface area contributed by atoms with Crippen molar-refractivity contribution in [1.82, 2.24) is 10.6 Å². The molecule has 1 amide bonds. The zero-order chi connectivity index (χ0) is 11.8. The van der Waals surface area contributed by atoms with Crippen LogP contribution in [0.5, 0.6) is 0 Å². The number of hydrogen-bond acceptors (Lipinski definition) is 4. The molecule has 0 aromatic rings. The van der Waals surface area contributed by atoms with E-state index in [2.05, 4.69) is 10.6 Å². The normalized spacial score (nSPS) is 36.9. The summed E-state index contributed by atoms with van der Waals surface area (Å²) >= 11 is 0. The SMILES string of the molecule is O=C1OCC/C1=C1\N[C@@H]2CCCC[C@H]2NC1=O. The van der Waals surface area contributed by atoms with Crippen molar-refractivity contribution in [2.24, 2.45) is 0 Å². The van der Waals surface area contributed by atoms with Gasteiger partial charge in [-0.15, -0.1) is 0 Å². The standard InChI is InChI=1S/C12H16N2O3/c15-11-10(7-5-6-17-12(7)16)13-8-3-1-2-4-9(8)14-11/h8-9,13H,1-6H2,(H,14,15)/b10-7+/t8-,9-/m1/s1. The summed E-state index contributed by atoms with van der Waals surface area (Å²) < 4.78 is 4.89. The molecule has 2 aliphatic heterocycles. The number of carbonyl (C=O) groups excluding carboxylic acids is 2. The Morgan fingerprint density at radius 1 is 1.06 bits per heavy atom. The fourth-order valence-electron chi connectivity index (χ4n) is 2.85. The molecule has 3 rings (SSSR count). The second-order valence-electron chi connectivity index (χ2n) is 4.85. The Kier molecular flexibility index (Phi) is 2.53. The lowest BCUT2D eigenvalue weighted by atomic mass is 9.88. The molecule has 0 aromatic heterocycles. The largest absolute Gasteiger partial charge is 0.462 e. The summed E-state index contributed by atoms with van der Waals surface area (Å²) in [6, 6.07) is 0.496. The monoisotopic (exact) mass is 236 g/mol. The van der Waals surface area contributed by atoms with E-state index in [9.17, 15) is 9.59 Å². The van der Waals surface area contributed by atoms with Gasteiger partial charge in [-0.05, 0) is 12.8 Å². The zero-order valence-corrected chi connectivity index (χ0v) is 9.62. The molecule has 0 spiro atoms. The first kappa shape index (κ1) is 10.6. The fourth-order valence-corrected chi connectivity index (χ4v) is 2.85. The molecule has 92 valence electrons. The summed E-state index contributed by atoms with van der Waals surface area (Å²) in [6.07, 6.45) is 4.95. The van der Waals surface area contributed by atoms with E-state index >= 15 is 0 Å². The summed E-state index contributed by atoms with van der Waals surface area (Å²) in [5, 5.41) is 6.24. The van der Waals surface area contributed by atoms with Gasteiger partial charge < -0.3 is 15.4 Å². The number of rotatable bonds is 0. The van der Waals surface area contributed by atoms with Gasteiger partial charge >= 0.3 is 5.97 Å². The van der Waals surface area contributed by atoms with Crippen LogP contribution in [0.15, 0.2) is 11.3 Å². The molecule has 2 N–H and O–H groups in total. The molecular weight excluding hydrogens is 220 g/mol. The Hall–Kier alpha value is -1.52. The summed E-state index contributed by atoms with van der Waals surface area (Å²) in [5.74, 6) is -0.501. The lowest BCUT2D eigenvalue weighted by molar-refractivity contribution is -0.135. The van der Waals surface area contributed by atoms with Crippen LogP contribution >= 0.6 is 0 Å². The summed E-state index contributed by atoms with van der Waals surface area (Å²) in [7, 11) is 0. The van der Waals surface area contributed by atoms with Gasteiger partial charge in [0, 0.05) is 18.5 Å². The number of amides is 1.